The molecule has 2 aromatic heterocycles. The summed E-state index contributed by atoms with van der Waals surface area (Å²) >= 11 is 12.3. The molecule has 194 valence electrons. The highest BCUT2D eigenvalue weighted by Gasteiger charge is 2.22. The van der Waals surface area contributed by atoms with Crippen molar-refractivity contribution >= 4 is 46.0 Å². The highest BCUT2D eigenvalue weighted by Crippen LogP contribution is 2.32. The van der Waals surface area contributed by atoms with E-state index in [1.807, 2.05) is 48.5 Å². The molecule has 0 saturated carbocycles. The molecule has 1 atom stereocenters. The number of nitrogens with zero attached hydrogens (tertiary/aromatic N) is 2. The van der Waals surface area contributed by atoms with E-state index in [0.29, 0.717) is 22.5 Å². The summed E-state index contributed by atoms with van der Waals surface area (Å²) in [6.07, 6.45) is 0. The van der Waals surface area contributed by atoms with E-state index in [0.717, 1.165) is 34.2 Å². The van der Waals surface area contributed by atoms with Gasteiger partial charge in [-0.2, -0.15) is 5.10 Å². The number of hydrogen-bond donors (Lipinski definition) is 5. The lowest BCUT2D eigenvalue weighted by atomic mass is 9.98. The second-order valence-corrected chi connectivity index (χ2v) is 9.29. The van der Waals surface area contributed by atoms with E-state index in [-0.39, 0.29) is 23.7 Å². The van der Waals surface area contributed by atoms with Gasteiger partial charge in [0, 0.05) is 23.1 Å². The van der Waals surface area contributed by atoms with Crippen LogP contribution in [0.15, 0.2) is 60.7 Å². The van der Waals surface area contributed by atoms with Crippen LogP contribution in [0.5, 0.6) is 0 Å². The lowest BCUT2D eigenvalue weighted by molar-refractivity contribution is 0.240. The minimum Gasteiger partial charge on any atom is -0.382 e. The molecule has 0 fully saturated rings. The topological polar surface area (TPSA) is 125 Å². The van der Waals surface area contributed by atoms with Crippen LogP contribution in [-0.4, -0.2) is 32.7 Å². The van der Waals surface area contributed by atoms with Crippen LogP contribution in [0.25, 0.3) is 22.2 Å². The Bertz CT molecular complexity index is 1620. The van der Waals surface area contributed by atoms with Crippen molar-refractivity contribution in [1.29, 1.82) is 0 Å². The van der Waals surface area contributed by atoms with Gasteiger partial charge in [-0.15, -0.1) is 0 Å². The van der Waals surface area contributed by atoms with Gasteiger partial charge in [0.2, 0.25) is 0 Å². The Morgan fingerprint density at radius 2 is 1.84 bits per heavy atom. The number of rotatable bonds is 7. The summed E-state index contributed by atoms with van der Waals surface area (Å²) < 4.78 is 28.2. The zero-order valence-electron chi connectivity index (χ0n) is 19.7. The zero-order valence-corrected chi connectivity index (χ0v) is 21.2. The number of halogens is 4. The van der Waals surface area contributed by atoms with Crippen molar-refractivity contribution in [3.63, 3.8) is 0 Å². The molecule has 12 heteroatoms. The predicted molar refractivity (Wildman–Crippen MR) is 143 cm³/mol. The van der Waals surface area contributed by atoms with E-state index in [4.69, 9.17) is 33.9 Å². The van der Waals surface area contributed by atoms with Gasteiger partial charge in [0.1, 0.15) is 28.3 Å². The van der Waals surface area contributed by atoms with Crippen LogP contribution in [0, 0.1) is 11.6 Å². The second kappa shape index (κ2) is 10.7. The van der Waals surface area contributed by atoms with Gasteiger partial charge in [0.05, 0.1) is 23.0 Å². The fourth-order valence-corrected chi connectivity index (χ4v) is 4.55. The number of hydrogen-bond acceptors (Lipinski definition) is 4. The van der Waals surface area contributed by atoms with Crippen molar-refractivity contribution in [2.75, 3.05) is 12.3 Å². The number of benzene rings is 3. The van der Waals surface area contributed by atoms with Gasteiger partial charge < -0.3 is 21.4 Å². The van der Waals surface area contributed by atoms with Crippen molar-refractivity contribution in [2.24, 2.45) is 0 Å². The molecule has 0 aliphatic heterocycles. The molecule has 0 aliphatic carbocycles. The van der Waals surface area contributed by atoms with Crippen LogP contribution in [0.4, 0.5) is 19.4 Å². The number of urea groups is 1. The molecule has 0 aliphatic rings. The largest absolute Gasteiger partial charge is 0.382 e. The van der Waals surface area contributed by atoms with Crippen molar-refractivity contribution < 1.29 is 13.6 Å². The Labute approximate surface area is 225 Å². The Morgan fingerprint density at radius 3 is 2.63 bits per heavy atom. The molecular weight excluding hydrogens is 535 g/mol. The van der Waals surface area contributed by atoms with Gasteiger partial charge in [-0.3, -0.25) is 5.10 Å². The number of carbonyl (C=O) groups is 1. The first kappa shape index (κ1) is 25.5. The third-order valence-electron chi connectivity index (χ3n) is 6.11. The number of fused-ring (bicyclic) bond motifs is 1. The number of amides is 2. The maximum absolute atomic E-state index is 14.2. The van der Waals surface area contributed by atoms with Crippen molar-refractivity contribution in [3.05, 3.63) is 99.4 Å². The third kappa shape index (κ3) is 5.13. The molecule has 6 N–H and O–H groups in total. The SMILES string of the molecule is Nc1n[nH]c2cc(-c3nc([C@@H](CNC(=O)NCc4c(F)ccc(Cl)c4F)c4ccccc4)[nH]c3Cl)ccc12. The summed E-state index contributed by atoms with van der Waals surface area (Å²) in [7, 11) is 0. The average Bonchev–Trinajstić information content (AvgIpc) is 3.49. The first-order chi connectivity index (χ1) is 18.3. The predicted octanol–water partition coefficient (Wildman–Crippen LogP) is 5.75. The molecule has 8 nitrogen and oxygen atoms in total. The summed E-state index contributed by atoms with van der Waals surface area (Å²) in [5, 5.41) is 13.0. The molecule has 0 unspecified atom stereocenters. The number of aromatic amines is 2. The Balaban J connectivity index is 1.36. The summed E-state index contributed by atoms with van der Waals surface area (Å²) in [5.41, 5.74) is 8.42. The number of H-pyrrole nitrogens is 2. The van der Waals surface area contributed by atoms with Crippen molar-refractivity contribution in [2.45, 2.75) is 12.5 Å². The highest BCUT2D eigenvalue weighted by atomic mass is 35.5. The molecule has 0 saturated heterocycles. The van der Waals surface area contributed by atoms with Gasteiger partial charge in [0.15, 0.2) is 5.82 Å². The Morgan fingerprint density at radius 1 is 1.05 bits per heavy atom. The minimum absolute atomic E-state index is 0.121. The van der Waals surface area contributed by atoms with Crippen LogP contribution in [0.2, 0.25) is 10.2 Å². The first-order valence-electron chi connectivity index (χ1n) is 11.5. The molecule has 0 spiro atoms. The number of aromatic nitrogens is 4. The monoisotopic (exact) mass is 555 g/mol. The lowest BCUT2D eigenvalue weighted by Crippen LogP contribution is -2.38. The minimum atomic E-state index is -0.914. The Hall–Kier alpha value is -4.15. The van der Waals surface area contributed by atoms with E-state index in [2.05, 4.69) is 25.8 Å². The van der Waals surface area contributed by atoms with Crippen LogP contribution < -0.4 is 16.4 Å². The molecule has 38 heavy (non-hydrogen) atoms. The normalized spacial score (nSPS) is 12.0. The summed E-state index contributed by atoms with van der Waals surface area (Å²) in [5.74, 6) is -1.20. The molecule has 3 aromatic carbocycles. The van der Waals surface area contributed by atoms with E-state index < -0.39 is 23.6 Å². The molecule has 0 radical (unpaired) electrons. The summed E-state index contributed by atoms with van der Waals surface area (Å²) in [6.45, 7) is -0.257. The molecule has 5 aromatic rings. The number of imidazole rings is 1. The first-order valence-corrected chi connectivity index (χ1v) is 12.3. The van der Waals surface area contributed by atoms with E-state index in [1.54, 1.807) is 0 Å². The van der Waals surface area contributed by atoms with Crippen molar-refractivity contribution in [1.82, 2.24) is 30.8 Å². The lowest BCUT2D eigenvalue weighted by Gasteiger charge is -2.17. The highest BCUT2D eigenvalue weighted by molar-refractivity contribution is 6.32. The summed E-state index contributed by atoms with van der Waals surface area (Å²) in [4.78, 5) is 20.4. The van der Waals surface area contributed by atoms with E-state index in [1.165, 1.54) is 0 Å². The van der Waals surface area contributed by atoms with Gasteiger partial charge >= 0.3 is 6.03 Å². The van der Waals surface area contributed by atoms with Crippen molar-refractivity contribution in [3.8, 4) is 11.3 Å². The summed E-state index contributed by atoms with van der Waals surface area (Å²) in [6, 6.07) is 16.5. The fourth-order valence-electron chi connectivity index (χ4n) is 4.13. The number of anilines is 1. The molecule has 2 amide bonds. The molecule has 2 heterocycles. The number of nitrogens with one attached hydrogen (secondary N) is 4. The number of nitrogens with two attached hydrogens (primary N) is 1. The zero-order chi connectivity index (χ0) is 26.8. The number of nitrogen functional groups attached to an aromatic ring is 1. The number of carbonyl (C=O) groups excluding carboxylic acids is 1. The second-order valence-electron chi connectivity index (χ2n) is 8.50. The molecular formula is C26H21Cl2F2N7O. The van der Waals surface area contributed by atoms with Crippen LogP contribution >= 0.6 is 23.2 Å². The van der Waals surface area contributed by atoms with Gasteiger partial charge in [-0.05, 0) is 29.8 Å². The molecule has 0 bridgehead atoms. The maximum atomic E-state index is 14.2. The third-order valence-corrected chi connectivity index (χ3v) is 6.67. The van der Waals surface area contributed by atoms with Gasteiger partial charge in [0.25, 0.3) is 0 Å². The smallest absolute Gasteiger partial charge is 0.315 e. The van der Waals surface area contributed by atoms with Crippen LogP contribution in [-0.2, 0) is 6.54 Å². The van der Waals surface area contributed by atoms with Crippen LogP contribution in [0.3, 0.4) is 0 Å². The average molecular weight is 556 g/mol. The molecule has 5 rings (SSSR count). The standard InChI is InChI=1S/C26H21Cl2F2N7O/c27-18-8-9-19(29)17(21(18)30)12-33-26(38)32-11-16(13-4-2-1-3-5-13)25-34-22(23(28)35-25)14-6-7-15-20(10-14)36-37-24(15)31/h1-10,16H,11-12H2,(H,34,35)(H3,31,36,37)(H2,32,33,38)/t16-/m0/s1. The van der Waals surface area contributed by atoms with Gasteiger partial charge in [-0.25, -0.2) is 18.6 Å². The fraction of sp³-hybridized carbons (Fsp3) is 0.115. The van der Waals surface area contributed by atoms with E-state index >= 15 is 0 Å². The van der Waals surface area contributed by atoms with Gasteiger partial charge in [-0.1, -0.05) is 59.6 Å². The quantitative estimate of drug-likeness (QED) is 0.164. The maximum Gasteiger partial charge on any atom is 0.315 e. The van der Waals surface area contributed by atoms with Crippen LogP contribution in [0.1, 0.15) is 22.9 Å². The Kier molecular flexibility index (Phi) is 7.17. The van der Waals surface area contributed by atoms with E-state index in [9.17, 15) is 13.6 Å².